The number of hydrogen-bond acceptors (Lipinski definition) is 7. The van der Waals surface area contributed by atoms with Gasteiger partial charge in [0.2, 0.25) is 5.95 Å². The smallest absolute Gasteiger partial charge is 0.232 e. The van der Waals surface area contributed by atoms with Crippen LogP contribution in [0.25, 0.3) is 0 Å². The average molecular weight is 525 g/mol. The van der Waals surface area contributed by atoms with Crippen LogP contribution < -0.4 is 20.4 Å². The van der Waals surface area contributed by atoms with Crippen molar-refractivity contribution in [1.82, 2.24) is 15.3 Å². The first-order valence-electron chi connectivity index (χ1n) is 13.7. The van der Waals surface area contributed by atoms with Crippen molar-refractivity contribution in [1.29, 1.82) is 0 Å². The Balaban J connectivity index is 1.33. The molecular formula is C28H40N6O2S. The van der Waals surface area contributed by atoms with Gasteiger partial charge in [-0.05, 0) is 48.9 Å². The van der Waals surface area contributed by atoms with Gasteiger partial charge in [0.1, 0.15) is 11.6 Å². The number of aromatic nitrogens is 2. The van der Waals surface area contributed by atoms with Gasteiger partial charge >= 0.3 is 0 Å². The van der Waals surface area contributed by atoms with Crippen LogP contribution in [-0.2, 0) is 14.9 Å². The Morgan fingerprint density at radius 3 is 2.24 bits per heavy atom. The van der Waals surface area contributed by atoms with E-state index in [9.17, 15) is 0 Å². The molecule has 2 N–H and O–H groups in total. The lowest BCUT2D eigenvalue weighted by Crippen LogP contribution is -2.45. The first-order chi connectivity index (χ1) is 18.0. The van der Waals surface area contributed by atoms with Crippen molar-refractivity contribution >= 4 is 34.9 Å². The number of nitrogens with one attached hydrogen (secondary N) is 2. The molecule has 5 rings (SSSR count). The summed E-state index contributed by atoms with van der Waals surface area (Å²) in [6.45, 7) is 12.0. The summed E-state index contributed by atoms with van der Waals surface area (Å²) in [4.78, 5) is 14.5. The molecule has 0 unspecified atom stereocenters. The Kier molecular flexibility index (Phi) is 8.42. The molecule has 3 aliphatic rings. The molecule has 3 aliphatic heterocycles. The lowest BCUT2D eigenvalue weighted by molar-refractivity contribution is 0.0515. The standard InChI is InChI=1S/C28H40N6O2S/c1-21-16-22(2)19-34(18-21)25-17-24(33-10-14-36-15-11-33)30-26(31-25)32-27(37)29-20-28(8-12-35-13-9-28)23-6-4-3-5-7-23/h3-7,17,21-22H,8-16,18-20H2,1-2H3,(H2,29,30,31,32,37)/t21-,22+. The van der Waals surface area contributed by atoms with Crippen LogP contribution in [-0.4, -0.2) is 74.2 Å². The van der Waals surface area contributed by atoms with E-state index < -0.39 is 0 Å². The topological polar surface area (TPSA) is 74.8 Å². The van der Waals surface area contributed by atoms with Crippen molar-refractivity contribution in [3.05, 3.63) is 42.0 Å². The van der Waals surface area contributed by atoms with Crippen LogP contribution in [0.1, 0.15) is 38.7 Å². The zero-order chi connectivity index (χ0) is 25.7. The maximum Gasteiger partial charge on any atom is 0.232 e. The first-order valence-corrected chi connectivity index (χ1v) is 14.1. The number of thiocarbonyl (C=S) groups is 1. The third-order valence-corrected chi connectivity index (χ3v) is 8.12. The zero-order valence-electron chi connectivity index (χ0n) is 22.1. The fraction of sp³-hybridized carbons (Fsp3) is 0.607. The zero-order valence-corrected chi connectivity index (χ0v) is 22.9. The molecule has 8 nitrogen and oxygen atoms in total. The van der Waals surface area contributed by atoms with E-state index in [0.717, 1.165) is 70.4 Å². The predicted molar refractivity (Wildman–Crippen MR) is 153 cm³/mol. The van der Waals surface area contributed by atoms with Gasteiger partial charge in [-0.25, -0.2) is 0 Å². The van der Waals surface area contributed by atoms with Crippen LogP contribution in [0, 0.1) is 11.8 Å². The summed E-state index contributed by atoms with van der Waals surface area (Å²) in [7, 11) is 0. The molecule has 0 spiro atoms. The van der Waals surface area contributed by atoms with Crippen LogP contribution in [0.3, 0.4) is 0 Å². The second-order valence-electron chi connectivity index (χ2n) is 10.9. The highest BCUT2D eigenvalue weighted by Crippen LogP contribution is 2.34. The third-order valence-electron chi connectivity index (χ3n) is 7.88. The average Bonchev–Trinajstić information content (AvgIpc) is 2.93. The molecule has 9 heteroatoms. The minimum Gasteiger partial charge on any atom is -0.381 e. The molecule has 0 bridgehead atoms. The summed E-state index contributed by atoms with van der Waals surface area (Å²) in [5.74, 6) is 3.71. The van der Waals surface area contributed by atoms with Crippen molar-refractivity contribution in [3.8, 4) is 0 Å². The van der Waals surface area contributed by atoms with Crippen molar-refractivity contribution in [2.24, 2.45) is 11.8 Å². The Morgan fingerprint density at radius 2 is 1.57 bits per heavy atom. The van der Waals surface area contributed by atoms with Crippen molar-refractivity contribution in [2.75, 3.05) is 74.3 Å². The Hall–Kier alpha value is -2.49. The molecule has 0 aliphatic carbocycles. The molecule has 1 aromatic carbocycles. The quantitative estimate of drug-likeness (QED) is 0.549. The van der Waals surface area contributed by atoms with E-state index in [-0.39, 0.29) is 5.41 Å². The Bertz CT molecular complexity index is 1030. The maximum atomic E-state index is 5.76. The van der Waals surface area contributed by atoms with Crippen LogP contribution >= 0.6 is 12.2 Å². The number of ether oxygens (including phenoxy) is 2. The number of rotatable bonds is 6. The van der Waals surface area contributed by atoms with E-state index in [4.69, 9.17) is 31.7 Å². The molecule has 3 saturated heterocycles. The molecule has 0 saturated carbocycles. The summed E-state index contributed by atoms with van der Waals surface area (Å²) in [5, 5.41) is 7.35. The Morgan fingerprint density at radius 1 is 0.946 bits per heavy atom. The van der Waals surface area contributed by atoms with Crippen LogP contribution in [0.5, 0.6) is 0 Å². The second-order valence-corrected chi connectivity index (χ2v) is 11.3. The fourth-order valence-electron chi connectivity index (χ4n) is 5.96. The van der Waals surface area contributed by atoms with E-state index in [2.05, 4.69) is 70.7 Å². The van der Waals surface area contributed by atoms with Gasteiger partial charge in [0.05, 0.1) is 13.2 Å². The molecule has 1 aromatic heterocycles. The van der Waals surface area contributed by atoms with Crippen molar-refractivity contribution < 1.29 is 9.47 Å². The molecule has 4 heterocycles. The van der Waals surface area contributed by atoms with Gasteiger partial charge < -0.3 is 29.9 Å². The molecule has 37 heavy (non-hydrogen) atoms. The lowest BCUT2D eigenvalue weighted by atomic mass is 9.74. The van der Waals surface area contributed by atoms with Crippen molar-refractivity contribution in [3.63, 3.8) is 0 Å². The number of morpholine rings is 1. The predicted octanol–water partition coefficient (Wildman–Crippen LogP) is 3.83. The molecule has 0 radical (unpaired) electrons. The van der Waals surface area contributed by atoms with E-state index in [1.54, 1.807) is 0 Å². The van der Waals surface area contributed by atoms with E-state index in [1.165, 1.54) is 12.0 Å². The van der Waals surface area contributed by atoms with Crippen LogP contribution in [0.15, 0.2) is 36.4 Å². The highest BCUT2D eigenvalue weighted by Gasteiger charge is 2.34. The lowest BCUT2D eigenvalue weighted by Gasteiger charge is -2.38. The molecule has 0 amide bonds. The van der Waals surface area contributed by atoms with E-state index >= 15 is 0 Å². The van der Waals surface area contributed by atoms with Crippen molar-refractivity contribution in [2.45, 2.75) is 38.5 Å². The summed E-state index contributed by atoms with van der Waals surface area (Å²) in [6, 6.07) is 12.8. The van der Waals surface area contributed by atoms with Gasteiger partial charge in [0, 0.05) is 57.4 Å². The van der Waals surface area contributed by atoms with Crippen LogP contribution in [0.4, 0.5) is 17.6 Å². The molecule has 200 valence electrons. The highest BCUT2D eigenvalue weighted by atomic mass is 32.1. The minimum absolute atomic E-state index is 0.00695. The minimum atomic E-state index is -0.00695. The summed E-state index contributed by atoms with van der Waals surface area (Å²) in [6.07, 6.45) is 3.18. The third kappa shape index (κ3) is 6.51. The maximum absolute atomic E-state index is 5.76. The van der Waals surface area contributed by atoms with E-state index in [0.29, 0.717) is 36.1 Å². The van der Waals surface area contributed by atoms with Gasteiger partial charge in [-0.15, -0.1) is 0 Å². The number of hydrogen-bond donors (Lipinski definition) is 2. The molecule has 2 aromatic rings. The monoisotopic (exact) mass is 524 g/mol. The van der Waals surface area contributed by atoms with Gasteiger partial charge in [-0.1, -0.05) is 44.2 Å². The van der Waals surface area contributed by atoms with Gasteiger partial charge in [-0.3, -0.25) is 0 Å². The fourth-order valence-corrected chi connectivity index (χ4v) is 6.12. The highest BCUT2D eigenvalue weighted by molar-refractivity contribution is 7.80. The summed E-state index contributed by atoms with van der Waals surface area (Å²) < 4.78 is 11.3. The van der Waals surface area contributed by atoms with Gasteiger partial charge in [0.15, 0.2) is 5.11 Å². The molecular weight excluding hydrogens is 484 g/mol. The normalized spacial score (nSPS) is 23.9. The van der Waals surface area contributed by atoms with Gasteiger partial charge in [0.25, 0.3) is 0 Å². The largest absolute Gasteiger partial charge is 0.381 e. The number of piperidine rings is 1. The molecule has 3 fully saturated rings. The number of nitrogens with zero attached hydrogens (tertiary/aromatic N) is 4. The number of anilines is 3. The summed E-state index contributed by atoms with van der Waals surface area (Å²) >= 11 is 5.76. The first kappa shape index (κ1) is 26.1. The summed E-state index contributed by atoms with van der Waals surface area (Å²) in [5.41, 5.74) is 1.32. The van der Waals surface area contributed by atoms with Crippen LogP contribution in [0.2, 0.25) is 0 Å². The van der Waals surface area contributed by atoms with E-state index in [1.807, 2.05) is 0 Å². The van der Waals surface area contributed by atoms with Gasteiger partial charge in [-0.2, -0.15) is 9.97 Å². The SMILES string of the molecule is C[C@@H]1C[C@H](C)CN(c2cc(N3CCOCC3)nc(NC(=S)NCC3(c4ccccc4)CCOCC3)n2)C1. The second kappa shape index (κ2) is 11.9. The Labute approximate surface area is 226 Å². The number of benzene rings is 1. The molecule has 2 atom stereocenters.